The number of halogens is 3. The SMILES string of the molecule is CC(=O)c1c(-c2cccc(OC(F)(F)F)c2)c[nH]c1C. The normalized spacial score (nSPS) is 11.4. The van der Waals surface area contributed by atoms with Gasteiger partial charge in [0.15, 0.2) is 5.78 Å². The van der Waals surface area contributed by atoms with Crippen molar-refractivity contribution < 1.29 is 22.7 Å². The zero-order valence-electron chi connectivity index (χ0n) is 10.8. The number of nitrogens with one attached hydrogen (secondary N) is 1. The van der Waals surface area contributed by atoms with Crippen molar-refractivity contribution in [2.24, 2.45) is 0 Å². The van der Waals surface area contributed by atoms with Crippen molar-refractivity contribution in [1.29, 1.82) is 0 Å². The molecule has 0 bridgehead atoms. The van der Waals surface area contributed by atoms with Gasteiger partial charge in [0.05, 0.1) is 0 Å². The molecule has 0 saturated carbocycles. The zero-order chi connectivity index (χ0) is 14.9. The standard InChI is InChI=1S/C14H12F3NO2/c1-8-13(9(2)19)12(7-18-8)10-4-3-5-11(6-10)20-14(15,16)17/h3-7,18H,1-2H3. The smallest absolute Gasteiger partial charge is 0.406 e. The first-order valence-electron chi connectivity index (χ1n) is 5.83. The molecule has 1 aromatic carbocycles. The van der Waals surface area contributed by atoms with Gasteiger partial charge < -0.3 is 9.72 Å². The summed E-state index contributed by atoms with van der Waals surface area (Å²) in [5.41, 5.74) is 2.19. The molecule has 0 spiro atoms. The van der Waals surface area contributed by atoms with Crippen molar-refractivity contribution >= 4 is 5.78 Å². The Labute approximate surface area is 113 Å². The van der Waals surface area contributed by atoms with Crippen molar-refractivity contribution in [1.82, 2.24) is 4.98 Å². The Hall–Kier alpha value is -2.24. The van der Waals surface area contributed by atoms with Gasteiger partial charge in [0.25, 0.3) is 0 Å². The van der Waals surface area contributed by atoms with Gasteiger partial charge in [0.2, 0.25) is 0 Å². The third kappa shape index (κ3) is 3.01. The molecule has 1 N–H and O–H groups in total. The van der Waals surface area contributed by atoms with Crippen molar-refractivity contribution in [2.75, 3.05) is 0 Å². The fourth-order valence-corrected chi connectivity index (χ4v) is 2.07. The van der Waals surface area contributed by atoms with Crippen molar-refractivity contribution in [3.63, 3.8) is 0 Å². The molecular weight excluding hydrogens is 271 g/mol. The number of aromatic nitrogens is 1. The van der Waals surface area contributed by atoms with Crippen molar-refractivity contribution in [3.8, 4) is 16.9 Å². The summed E-state index contributed by atoms with van der Waals surface area (Å²) in [4.78, 5) is 14.5. The number of hydrogen-bond acceptors (Lipinski definition) is 2. The quantitative estimate of drug-likeness (QED) is 0.862. The maximum atomic E-state index is 12.2. The number of carbonyl (C=O) groups excluding carboxylic acids is 1. The molecule has 3 nitrogen and oxygen atoms in total. The van der Waals surface area contributed by atoms with E-state index in [1.54, 1.807) is 19.2 Å². The van der Waals surface area contributed by atoms with Gasteiger partial charge in [0.1, 0.15) is 5.75 Å². The Morgan fingerprint density at radius 3 is 2.60 bits per heavy atom. The molecule has 106 valence electrons. The average Bonchev–Trinajstić information content (AvgIpc) is 2.69. The number of ketones is 1. The fraction of sp³-hybridized carbons (Fsp3) is 0.214. The van der Waals surface area contributed by atoms with E-state index < -0.39 is 6.36 Å². The first-order chi connectivity index (χ1) is 9.28. The molecule has 1 aromatic heterocycles. The third-order valence-electron chi connectivity index (χ3n) is 2.81. The van der Waals surface area contributed by atoms with E-state index in [2.05, 4.69) is 9.72 Å². The number of benzene rings is 1. The number of ether oxygens (including phenoxy) is 1. The topological polar surface area (TPSA) is 42.1 Å². The monoisotopic (exact) mass is 283 g/mol. The van der Waals surface area contributed by atoms with Crippen LogP contribution in [-0.4, -0.2) is 17.1 Å². The maximum Gasteiger partial charge on any atom is 0.573 e. The second-order valence-corrected chi connectivity index (χ2v) is 4.33. The molecule has 6 heteroatoms. The summed E-state index contributed by atoms with van der Waals surface area (Å²) in [7, 11) is 0. The lowest BCUT2D eigenvalue weighted by molar-refractivity contribution is -0.274. The predicted molar refractivity (Wildman–Crippen MR) is 67.7 cm³/mol. The summed E-state index contributed by atoms with van der Waals surface area (Å²) >= 11 is 0. The van der Waals surface area contributed by atoms with Crippen LogP contribution in [0.4, 0.5) is 13.2 Å². The van der Waals surface area contributed by atoms with Gasteiger partial charge in [-0.2, -0.15) is 0 Å². The average molecular weight is 283 g/mol. The summed E-state index contributed by atoms with van der Waals surface area (Å²) < 4.78 is 40.5. The molecule has 0 fully saturated rings. The number of Topliss-reactive ketones (excluding diaryl/α,β-unsaturated/α-hetero) is 1. The number of aryl methyl sites for hydroxylation is 1. The number of hydrogen-bond donors (Lipinski definition) is 1. The Morgan fingerprint density at radius 1 is 1.30 bits per heavy atom. The molecule has 1 heterocycles. The lowest BCUT2D eigenvalue weighted by Crippen LogP contribution is -2.17. The van der Waals surface area contributed by atoms with Gasteiger partial charge in [-0.3, -0.25) is 4.79 Å². The summed E-state index contributed by atoms with van der Waals surface area (Å²) in [6.45, 7) is 3.14. The lowest BCUT2D eigenvalue weighted by Gasteiger charge is -2.10. The zero-order valence-corrected chi connectivity index (χ0v) is 10.8. The summed E-state index contributed by atoms with van der Waals surface area (Å²) in [6.07, 6.45) is -3.14. The van der Waals surface area contributed by atoms with Crippen LogP contribution >= 0.6 is 0 Å². The molecular formula is C14H12F3NO2. The van der Waals surface area contributed by atoms with Crippen LogP contribution in [0, 0.1) is 6.92 Å². The first-order valence-corrected chi connectivity index (χ1v) is 5.83. The van der Waals surface area contributed by atoms with Crippen molar-refractivity contribution in [3.05, 3.63) is 41.7 Å². The number of alkyl halides is 3. The molecule has 0 aliphatic rings. The third-order valence-corrected chi connectivity index (χ3v) is 2.81. The van der Waals surface area contributed by atoms with E-state index in [1.165, 1.54) is 25.1 Å². The van der Waals surface area contributed by atoms with Crippen LogP contribution in [0.3, 0.4) is 0 Å². The van der Waals surface area contributed by atoms with Crippen LogP contribution < -0.4 is 4.74 Å². The van der Waals surface area contributed by atoms with Gasteiger partial charge in [-0.05, 0) is 31.5 Å². The molecule has 0 radical (unpaired) electrons. The van der Waals surface area contributed by atoms with E-state index in [4.69, 9.17) is 0 Å². The molecule has 0 amide bonds. The molecule has 0 unspecified atom stereocenters. The minimum absolute atomic E-state index is 0.152. The van der Waals surface area contributed by atoms with Crippen LogP contribution in [0.25, 0.3) is 11.1 Å². The van der Waals surface area contributed by atoms with Gasteiger partial charge in [0, 0.05) is 23.0 Å². The Bertz CT molecular complexity index is 644. The minimum atomic E-state index is -4.74. The largest absolute Gasteiger partial charge is 0.573 e. The van der Waals surface area contributed by atoms with E-state index in [0.717, 1.165) is 0 Å². The highest BCUT2D eigenvalue weighted by atomic mass is 19.4. The Morgan fingerprint density at radius 2 is 2.00 bits per heavy atom. The highest BCUT2D eigenvalue weighted by molar-refractivity contribution is 6.02. The second-order valence-electron chi connectivity index (χ2n) is 4.33. The minimum Gasteiger partial charge on any atom is -0.406 e. The van der Waals surface area contributed by atoms with E-state index in [-0.39, 0.29) is 11.5 Å². The fourth-order valence-electron chi connectivity index (χ4n) is 2.07. The lowest BCUT2D eigenvalue weighted by atomic mass is 10.0. The predicted octanol–water partition coefficient (Wildman–Crippen LogP) is 4.09. The van der Waals surface area contributed by atoms with E-state index in [9.17, 15) is 18.0 Å². The highest BCUT2D eigenvalue weighted by Crippen LogP contribution is 2.31. The van der Waals surface area contributed by atoms with E-state index in [0.29, 0.717) is 22.4 Å². The maximum absolute atomic E-state index is 12.2. The van der Waals surface area contributed by atoms with Crippen LogP contribution in [0.15, 0.2) is 30.5 Å². The van der Waals surface area contributed by atoms with Crippen LogP contribution in [0.5, 0.6) is 5.75 Å². The Balaban J connectivity index is 2.44. The molecule has 2 rings (SSSR count). The summed E-state index contributed by atoms with van der Waals surface area (Å²) in [6, 6.07) is 5.54. The van der Waals surface area contributed by atoms with Crippen molar-refractivity contribution in [2.45, 2.75) is 20.2 Å². The number of rotatable bonds is 3. The van der Waals surface area contributed by atoms with Gasteiger partial charge in [-0.25, -0.2) is 0 Å². The molecule has 20 heavy (non-hydrogen) atoms. The molecule has 2 aromatic rings. The molecule has 0 aliphatic carbocycles. The van der Waals surface area contributed by atoms with Gasteiger partial charge in [-0.15, -0.1) is 13.2 Å². The number of H-pyrrole nitrogens is 1. The molecule has 0 saturated heterocycles. The highest BCUT2D eigenvalue weighted by Gasteiger charge is 2.31. The second kappa shape index (κ2) is 5.03. The molecule has 0 atom stereocenters. The van der Waals surface area contributed by atoms with Gasteiger partial charge >= 0.3 is 6.36 Å². The Kier molecular flexibility index (Phi) is 3.57. The molecule has 0 aliphatic heterocycles. The van der Waals surface area contributed by atoms with Crippen LogP contribution in [-0.2, 0) is 0 Å². The van der Waals surface area contributed by atoms with Crippen LogP contribution in [0.1, 0.15) is 23.0 Å². The summed E-state index contributed by atoms with van der Waals surface area (Å²) in [5.74, 6) is -0.468. The van der Waals surface area contributed by atoms with E-state index >= 15 is 0 Å². The van der Waals surface area contributed by atoms with Crippen LogP contribution in [0.2, 0.25) is 0 Å². The number of aromatic amines is 1. The van der Waals surface area contributed by atoms with Gasteiger partial charge in [-0.1, -0.05) is 12.1 Å². The first kappa shape index (κ1) is 14.2. The number of carbonyl (C=O) groups is 1. The summed E-state index contributed by atoms with van der Waals surface area (Å²) in [5, 5.41) is 0. The van der Waals surface area contributed by atoms with E-state index in [1.807, 2.05) is 0 Å².